The molecule has 0 radical (unpaired) electrons. The van der Waals surface area contributed by atoms with E-state index in [1.807, 2.05) is 0 Å². The maximum atomic E-state index is 13.6. The Labute approximate surface area is 116 Å². The van der Waals surface area contributed by atoms with Crippen LogP contribution in [0.1, 0.15) is 36.0 Å². The van der Waals surface area contributed by atoms with E-state index in [1.165, 1.54) is 19.2 Å². The van der Waals surface area contributed by atoms with Crippen LogP contribution in [-0.4, -0.2) is 24.5 Å². The largest absolute Gasteiger partial charge is 0.465 e. The average molecular weight is 280 g/mol. The van der Waals surface area contributed by atoms with E-state index in [0.717, 1.165) is 25.3 Å². The minimum absolute atomic E-state index is 0.0409. The average Bonchev–Trinajstić information content (AvgIpc) is 2.38. The van der Waals surface area contributed by atoms with Crippen LogP contribution in [0.2, 0.25) is 0 Å². The van der Waals surface area contributed by atoms with Gasteiger partial charge in [-0.05, 0) is 37.5 Å². The van der Waals surface area contributed by atoms with Gasteiger partial charge in [-0.15, -0.1) is 0 Å². The van der Waals surface area contributed by atoms with E-state index in [2.05, 4.69) is 10.1 Å². The smallest absolute Gasteiger partial charge is 0.337 e. The predicted molar refractivity (Wildman–Crippen MR) is 71.8 cm³/mol. The van der Waals surface area contributed by atoms with Crippen molar-refractivity contribution >= 4 is 17.6 Å². The SMILES string of the molecule is COC(=O)c1ccc(F)c(NC(=O)CC2(N)CCC2)c1. The van der Waals surface area contributed by atoms with Gasteiger partial charge in [-0.25, -0.2) is 9.18 Å². The third-order valence-corrected chi connectivity index (χ3v) is 3.52. The van der Waals surface area contributed by atoms with Crippen molar-refractivity contribution < 1.29 is 18.7 Å². The van der Waals surface area contributed by atoms with Crippen molar-refractivity contribution in [2.24, 2.45) is 5.73 Å². The number of methoxy groups -OCH3 is 1. The first kappa shape index (κ1) is 14.5. The molecule has 0 unspecified atom stereocenters. The Morgan fingerprint density at radius 1 is 1.45 bits per heavy atom. The van der Waals surface area contributed by atoms with E-state index in [1.54, 1.807) is 0 Å². The number of rotatable bonds is 4. The fourth-order valence-corrected chi connectivity index (χ4v) is 2.19. The lowest BCUT2D eigenvalue weighted by Crippen LogP contribution is -2.49. The Bertz CT molecular complexity index is 541. The molecule has 5 nitrogen and oxygen atoms in total. The number of halogens is 1. The molecule has 1 amide bonds. The first-order chi connectivity index (χ1) is 9.43. The van der Waals surface area contributed by atoms with Crippen LogP contribution in [0, 0.1) is 5.82 Å². The van der Waals surface area contributed by atoms with Crippen LogP contribution in [0.3, 0.4) is 0 Å². The topological polar surface area (TPSA) is 81.4 Å². The van der Waals surface area contributed by atoms with E-state index in [4.69, 9.17) is 5.73 Å². The molecule has 0 heterocycles. The van der Waals surface area contributed by atoms with E-state index in [-0.39, 0.29) is 23.6 Å². The van der Waals surface area contributed by atoms with Crippen LogP contribution >= 0.6 is 0 Å². The molecule has 1 aromatic rings. The molecule has 2 rings (SSSR count). The minimum atomic E-state index is -0.606. The molecule has 0 spiro atoms. The van der Waals surface area contributed by atoms with E-state index in [9.17, 15) is 14.0 Å². The number of carbonyl (C=O) groups excluding carboxylic acids is 2. The highest BCUT2D eigenvalue weighted by Crippen LogP contribution is 2.32. The number of ether oxygens (including phenoxy) is 1. The molecular weight excluding hydrogens is 263 g/mol. The Hall–Kier alpha value is -1.95. The van der Waals surface area contributed by atoms with Crippen LogP contribution in [-0.2, 0) is 9.53 Å². The summed E-state index contributed by atoms with van der Waals surface area (Å²) in [7, 11) is 1.23. The highest BCUT2D eigenvalue weighted by Gasteiger charge is 2.34. The summed E-state index contributed by atoms with van der Waals surface area (Å²) in [4.78, 5) is 23.2. The van der Waals surface area contributed by atoms with Gasteiger partial charge in [0.1, 0.15) is 5.82 Å². The lowest BCUT2D eigenvalue weighted by molar-refractivity contribution is -0.118. The highest BCUT2D eigenvalue weighted by atomic mass is 19.1. The number of amides is 1. The van der Waals surface area contributed by atoms with Crippen molar-refractivity contribution in [2.45, 2.75) is 31.2 Å². The number of benzene rings is 1. The molecule has 20 heavy (non-hydrogen) atoms. The normalized spacial score (nSPS) is 16.1. The van der Waals surface area contributed by atoms with Crippen molar-refractivity contribution in [1.82, 2.24) is 0 Å². The summed E-state index contributed by atoms with van der Waals surface area (Å²) in [5, 5.41) is 2.45. The zero-order chi connectivity index (χ0) is 14.8. The molecule has 0 aliphatic heterocycles. The zero-order valence-corrected chi connectivity index (χ0v) is 11.2. The van der Waals surface area contributed by atoms with Crippen LogP contribution in [0.5, 0.6) is 0 Å². The van der Waals surface area contributed by atoms with Gasteiger partial charge in [0, 0.05) is 12.0 Å². The molecule has 0 bridgehead atoms. The second-order valence-electron chi connectivity index (χ2n) is 5.13. The third kappa shape index (κ3) is 3.14. The van der Waals surface area contributed by atoms with Crippen molar-refractivity contribution in [3.05, 3.63) is 29.6 Å². The van der Waals surface area contributed by atoms with Gasteiger partial charge in [-0.1, -0.05) is 0 Å². The molecule has 1 aliphatic rings. The van der Waals surface area contributed by atoms with Crippen LogP contribution in [0.15, 0.2) is 18.2 Å². The molecule has 1 aromatic carbocycles. The molecule has 0 saturated heterocycles. The monoisotopic (exact) mass is 280 g/mol. The molecule has 1 saturated carbocycles. The quantitative estimate of drug-likeness (QED) is 0.824. The molecular formula is C14H17FN2O3. The third-order valence-electron chi connectivity index (χ3n) is 3.52. The number of nitrogens with one attached hydrogen (secondary N) is 1. The van der Waals surface area contributed by atoms with Gasteiger partial charge < -0.3 is 15.8 Å². The van der Waals surface area contributed by atoms with Crippen molar-refractivity contribution in [2.75, 3.05) is 12.4 Å². The van der Waals surface area contributed by atoms with Crippen molar-refractivity contribution in [3.8, 4) is 0 Å². The Kier molecular flexibility index (Phi) is 4.04. The van der Waals surface area contributed by atoms with Crippen LogP contribution in [0.4, 0.5) is 10.1 Å². The lowest BCUT2D eigenvalue weighted by atomic mass is 9.75. The summed E-state index contributed by atoms with van der Waals surface area (Å²) in [6.45, 7) is 0. The van der Waals surface area contributed by atoms with Gasteiger partial charge in [0.2, 0.25) is 5.91 Å². The maximum Gasteiger partial charge on any atom is 0.337 e. The molecule has 108 valence electrons. The standard InChI is InChI=1S/C14H17FN2O3/c1-20-13(19)9-3-4-10(15)11(7-9)17-12(18)8-14(16)5-2-6-14/h3-4,7H,2,5-6,8,16H2,1H3,(H,17,18). The Morgan fingerprint density at radius 3 is 2.70 bits per heavy atom. The Morgan fingerprint density at radius 2 is 2.15 bits per heavy atom. The highest BCUT2D eigenvalue weighted by molar-refractivity contribution is 5.95. The van der Waals surface area contributed by atoms with E-state index < -0.39 is 17.3 Å². The van der Waals surface area contributed by atoms with E-state index in [0.29, 0.717) is 0 Å². The molecule has 0 atom stereocenters. The summed E-state index contributed by atoms with van der Waals surface area (Å²) in [5.74, 6) is -1.55. The second-order valence-corrected chi connectivity index (χ2v) is 5.13. The first-order valence-electron chi connectivity index (χ1n) is 6.40. The number of anilines is 1. The number of hydrogen-bond donors (Lipinski definition) is 2. The summed E-state index contributed by atoms with van der Waals surface area (Å²) in [6, 6.07) is 3.67. The summed E-state index contributed by atoms with van der Waals surface area (Å²) in [5.41, 5.74) is 5.63. The van der Waals surface area contributed by atoms with E-state index >= 15 is 0 Å². The van der Waals surface area contributed by atoms with Gasteiger partial charge in [-0.3, -0.25) is 4.79 Å². The number of carbonyl (C=O) groups is 2. The second kappa shape index (κ2) is 5.58. The van der Waals surface area contributed by atoms with Crippen molar-refractivity contribution in [1.29, 1.82) is 0 Å². The summed E-state index contributed by atoms with van der Waals surface area (Å²) >= 11 is 0. The van der Waals surface area contributed by atoms with Gasteiger partial charge in [-0.2, -0.15) is 0 Å². The molecule has 1 aliphatic carbocycles. The number of hydrogen-bond acceptors (Lipinski definition) is 4. The minimum Gasteiger partial charge on any atom is -0.465 e. The van der Waals surface area contributed by atoms with Crippen LogP contribution in [0.25, 0.3) is 0 Å². The summed E-state index contributed by atoms with van der Waals surface area (Å²) in [6.07, 6.45) is 2.75. The predicted octanol–water partition coefficient (Wildman–Crippen LogP) is 1.82. The lowest BCUT2D eigenvalue weighted by Gasteiger charge is -2.37. The zero-order valence-electron chi connectivity index (χ0n) is 11.2. The molecule has 0 aromatic heterocycles. The van der Waals surface area contributed by atoms with Gasteiger partial charge in [0.15, 0.2) is 0 Å². The maximum absolute atomic E-state index is 13.6. The fourth-order valence-electron chi connectivity index (χ4n) is 2.19. The molecule has 1 fully saturated rings. The molecule has 3 N–H and O–H groups in total. The fraction of sp³-hybridized carbons (Fsp3) is 0.429. The van der Waals surface area contributed by atoms with Gasteiger partial charge in [0.05, 0.1) is 18.4 Å². The van der Waals surface area contributed by atoms with Gasteiger partial charge >= 0.3 is 5.97 Å². The Balaban J connectivity index is 2.07. The summed E-state index contributed by atoms with van der Waals surface area (Å²) < 4.78 is 18.2. The number of esters is 1. The van der Waals surface area contributed by atoms with Gasteiger partial charge in [0.25, 0.3) is 0 Å². The molecule has 6 heteroatoms. The van der Waals surface area contributed by atoms with Crippen LogP contribution < -0.4 is 11.1 Å². The van der Waals surface area contributed by atoms with Crippen molar-refractivity contribution in [3.63, 3.8) is 0 Å². The first-order valence-corrected chi connectivity index (χ1v) is 6.40. The number of nitrogens with two attached hydrogens (primary N) is 1.